The third-order valence-corrected chi connectivity index (χ3v) is 3.40. The lowest BCUT2D eigenvalue weighted by Crippen LogP contribution is -2.35. The van der Waals surface area contributed by atoms with Crippen LogP contribution in [0.2, 0.25) is 0 Å². The Balaban J connectivity index is 2.04. The van der Waals surface area contributed by atoms with Crippen molar-refractivity contribution in [3.63, 3.8) is 0 Å². The summed E-state index contributed by atoms with van der Waals surface area (Å²) in [5, 5.41) is 15.1. The molecule has 1 heterocycles. The Kier molecular flexibility index (Phi) is 4.33. The number of aliphatic hydroxyl groups is 1. The molecule has 0 aromatic heterocycles. The molecular weight excluding hydrogens is 228 g/mol. The summed E-state index contributed by atoms with van der Waals surface area (Å²) in [5.74, 6) is -0.0509. The number of hydrogen-bond acceptors (Lipinski definition) is 3. The van der Waals surface area contributed by atoms with Gasteiger partial charge >= 0.3 is 0 Å². The summed E-state index contributed by atoms with van der Waals surface area (Å²) in [6.45, 7) is 3.84. The number of hydrogen-bond donors (Lipinski definition) is 3. The van der Waals surface area contributed by atoms with E-state index in [0.717, 1.165) is 19.5 Å². The molecule has 1 aromatic rings. The van der Waals surface area contributed by atoms with Crippen LogP contribution in [0.25, 0.3) is 0 Å². The van der Waals surface area contributed by atoms with E-state index in [4.69, 9.17) is 5.11 Å². The zero-order valence-electron chi connectivity index (χ0n) is 10.7. The van der Waals surface area contributed by atoms with Gasteiger partial charge in [0, 0.05) is 31.3 Å². The molecule has 0 fully saturated rings. The van der Waals surface area contributed by atoms with Crippen LogP contribution in [0, 0.1) is 0 Å². The SMILES string of the molecule is CCC(CCO)NC(=O)c1ccc2c(c1)CNC2. The first-order valence-electron chi connectivity index (χ1n) is 6.48. The van der Waals surface area contributed by atoms with Crippen LogP contribution in [0.3, 0.4) is 0 Å². The van der Waals surface area contributed by atoms with Crippen LogP contribution in [0.15, 0.2) is 18.2 Å². The van der Waals surface area contributed by atoms with Crippen LogP contribution >= 0.6 is 0 Å². The first kappa shape index (κ1) is 13.1. The minimum Gasteiger partial charge on any atom is -0.396 e. The molecule has 3 N–H and O–H groups in total. The summed E-state index contributed by atoms with van der Waals surface area (Å²) in [6.07, 6.45) is 1.44. The number of nitrogens with one attached hydrogen (secondary N) is 2. The van der Waals surface area contributed by atoms with Crippen molar-refractivity contribution in [2.75, 3.05) is 6.61 Å². The van der Waals surface area contributed by atoms with E-state index in [-0.39, 0.29) is 18.6 Å². The van der Waals surface area contributed by atoms with Crippen LogP contribution in [0.4, 0.5) is 0 Å². The Bertz CT molecular complexity index is 432. The molecule has 18 heavy (non-hydrogen) atoms. The van der Waals surface area contributed by atoms with Crippen molar-refractivity contribution in [1.29, 1.82) is 0 Å². The Morgan fingerprint density at radius 3 is 2.94 bits per heavy atom. The molecular formula is C14H20N2O2. The molecule has 1 atom stereocenters. The topological polar surface area (TPSA) is 61.4 Å². The average molecular weight is 248 g/mol. The molecule has 0 saturated carbocycles. The molecule has 4 nitrogen and oxygen atoms in total. The van der Waals surface area contributed by atoms with Gasteiger partial charge < -0.3 is 15.7 Å². The quantitative estimate of drug-likeness (QED) is 0.733. The van der Waals surface area contributed by atoms with Gasteiger partial charge in [-0.15, -0.1) is 0 Å². The Morgan fingerprint density at radius 2 is 2.22 bits per heavy atom. The minimum atomic E-state index is -0.0509. The van der Waals surface area contributed by atoms with Gasteiger partial charge in [-0.3, -0.25) is 4.79 Å². The van der Waals surface area contributed by atoms with E-state index >= 15 is 0 Å². The maximum Gasteiger partial charge on any atom is 0.251 e. The standard InChI is InChI=1S/C14H20N2O2/c1-2-13(5-6-17)16-14(18)10-3-4-11-8-15-9-12(11)7-10/h3-4,7,13,15,17H,2,5-6,8-9H2,1H3,(H,16,18). The fraction of sp³-hybridized carbons (Fsp3) is 0.500. The van der Waals surface area contributed by atoms with Crippen molar-refractivity contribution in [2.45, 2.75) is 38.9 Å². The number of aliphatic hydroxyl groups excluding tert-OH is 1. The highest BCUT2D eigenvalue weighted by Crippen LogP contribution is 2.17. The number of amides is 1. The van der Waals surface area contributed by atoms with Crippen molar-refractivity contribution < 1.29 is 9.90 Å². The number of rotatable bonds is 5. The third kappa shape index (κ3) is 2.89. The van der Waals surface area contributed by atoms with E-state index in [0.29, 0.717) is 12.0 Å². The fourth-order valence-corrected chi connectivity index (χ4v) is 2.24. The molecule has 0 radical (unpaired) electrons. The van der Waals surface area contributed by atoms with Gasteiger partial charge in [0.25, 0.3) is 5.91 Å². The van der Waals surface area contributed by atoms with E-state index in [1.165, 1.54) is 11.1 Å². The van der Waals surface area contributed by atoms with Gasteiger partial charge in [0.2, 0.25) is 0 Å². The van der Waals surface area contributed by atoms with E-state index in [2.05, 4.69) is 10.6 Å². The molecule has 0 bridgehead atoms. The largest absolute Gasteiger partial charge is 0.396 e. The van der Waals surface area contributed by atoms with E-state index < -0.39 is 0 Å². The molecule has 0 spiro atoms. The Labute approximate surface area is 107 Å². The Hall–Kier alpha value is -1.39. The summed E-state index contributed by atoms with van der Waals surface area (Å²) in [4.78, 5) is 12.1. The summed E-state index contributed by atoms with van der Waals surface area (Å²) in [6, 6.07) is 5.88. The molecule has 0 aliphatic carbocycles. The maximum absolute atomic E-state index is 12.1. The first-order chi connectivity index (χ1) is 8.74. The summed E-state index contributed by atoms with van der Waals surface area (Å²) in [5.41, 5.74) is 3.18. The predicted molar refractivity (Wildman–Crippen MR) is 70.2 cm³/mol. The molecule has 1 aliphatic rings. The van der Waals surface area contributed by atoms with Crippen molar-refractivity contribution in [2.24, 2.45) is 0 Å². The first-order valence-corrected chi connectivity index (χ1v) is 6.48. The molecule has 1 aliphatic heterocycles. The van der Waals surface area contributed by atoms with E-state index in [1.54, 1.807) is 0 Å². The monoisotopic (exact) mass is 248 g/mol. The molecule has 4 heteroatoms. The van der Waals surface area contributed by atoms with Gasteiger partial charge in [0.05, 0.1) is 0 Å². The smallest absolute Gasteiger partial charge is 0.251 e. The zero-order valence-corrected chi connectivity index (χ0v) is 10.7. The lowest BCUT2D eigenvalue weighted by molar-refractivity contribution is 0.0929. The van der Waals surface area contributed by atoms with Crippen molar-refractivity contribution in [3.05, 3.63) is 34.9 Å². The van der Waals surface area contributed by atoms with Gasteiger partial charge in [-0.25, -0.2) is 0 Å². The second-order valence-corrected chi connectivity index (χ2v) is 4.68. The lowest BCUT2D eigenvalue weighted by atomic mass is 10.1. The van der Waals surface area contributed by atoms with Gasteiger partial charge in [-0.1, -0.05) is 13.0 Å². The molecule has 0 saturated heterocycles. The highest BCUT2D eigenvalue weighted by Gasteiger charge is 2.15. The van der Waals surface area contributed by atoms with Crippen LogP contribution in [-0.2, 0) is 13.1 Å². The normalized spacial score (nSPS) is 15.2. The third-order valence-electron chi connectivity index (χ3n) is 3.40. The number of carbonyl (C=O) groups excluding carboxylic acids is 1. The highest BCUT2D eigenvalue weighted by atomic mass is 16.3. The molecule has 1 unspecified atom stereocenters. The Morgan fingerprint density at radius 1 is 1.44 bits per heavy atom. The minimum absolute atomic E-state index is 0.0499. The summed E-state index contributed by atoms with van der Waals surface area (Å²) < 4.78 is 0. The van der Waals surface area contributed by atoms with Gasteiger partial charge in [0.1, 0.15) is 0 Å². The van der Waals surface area contributed by atoms with Crippen LogP contribution in [0.1, 0.15) is 41.3 Å². The van der Waals surface area contributed by atoms with Gasteiger partial charge in [0.15, 0.2) is 0 Å². The zero-order chi connectivity index (χ0) is 13.0. The second-order valence-electron chi connectivity index (χ2n) is 4.68. The van der Waals surface area contributed by atoms with Crippen LogP contribution in [0.5, 0.6) is 0 Å². The van der Waals surface area contributed by atoms with Crippen molar-refractivity contribution in [3.8, 4) is 0 Å². The fourth-order valence-electron chi connectivity index (χ4n) is 2.24. The highest BCUT2D eigenvalue weighted by molar-refractivity contribution is 5.94. The maximum atomic E-state index is 12.1. The second kappa shape index (κ2) is 5.98. The van der Waals surface area contributed by atoms with Crippen LogP contribution < -0.4 is 10.6 Å². The number of fused-ring (bicyclic) bond motifs is 1. The van der Waals surface area contributed by atoms with Gasteiger partial charge in [-0.05, 0) is 36.1 Å². The predicted octanol–water partition coefficient (Wildman–Crippen LogP) is 1.18. The van der Waals surface area contributed by atoms with Gasteiger partial charge in [-0.2, -0.15) is 0 Å². The molecule has 98 valence electrons. The van der Waals surface area contributed by atoms with Crippen molar-refractivity contribution in [1.82, 2.24) is 10.6 Å². The average Bonchev–Trinajstić information content (AvgIpc) is 2.85. The van der Waals surface area contributed by atoms with E-state index in [1.807, 2.05) is 25.1 Å². The summed E-state index contributed by atoms with van der Waals surface area (Å²) >= 11 is 0. The van der Waals surface area contributed by atoms with Crippen molar-refractivity contribution >= 4 is 5.91 Å². The van der Waals surface area contributed by atoms with E-state index in [9.17, 15) is 4.79 Å². The number of carbonyl (C=O) groups is 1. The summed E-state index contributed by atoms with van der Waals surface area (Å²) in [7, 11) is 0. The lowest BCUT2D eigenvalue weighted by Gasteiger charge is -2.16. The molecule has 2 rings (SSSR count). The molecule has 1 amide bonds. The molecule has 1 aromatic carbocycles. The van der Waals surface area contributed by atoms with Crippen LogP contribution in [-0.4, -0.2) is 23.7 Å². The number of benzene rings is 1.